The van der Waals surface area contributed by atoms with Crippen LogP contribution in [0.4, 0.5) is 0 Å². The molecule has 19 heavy (non-hydrogen) atoms. The topological polar surface area (TPSA) is 126 Å². The van der Waals surface area contributed by atoms with Crippen molar-refractivity contribution in [2.75, 3.05) is 5.75 Å². The molecule has 0 radical (unpaired) electrons. The molecule has 0 aliphatic carbocycles. The number of carbonyl (C=O) groups is 3. The summed E-state index contributed by atoms with van der Waals surface area (Å²) in [6.45, 7) is 6.53. The van der Waals surface area contributed by atoms with Crippen LogP contribution in [0.15, 0.2) is 0 Å². The zero-order valence-electron chi connectivity index (χ0n) is 11.4. The van der Waals surface area contributed by atoms with Crippen molar-refractivity contribution in [3.05, 3.63) is 0 Å². The Morgan fingerprint density at radius 3 is 1.42 bits per heavy atom. The molecule has 2 N–H and O–H groups in total. The number of carboxylic acids is 1. The lowest BCUT2D eigenvalue weighted by atomic mass is 10.1. The molecule has 112 valence electrons. The molecule has 0 atom stereocenters. The molecule has 0 aliphatic rings. The summed E-state index contributed by atoms with van der Waals surface area (Å²) in [6, 6.07) is 0. The van der Waals surface area contributed by atoms with Crippen LogP contribution in [0, 0.1) is 11.8 Å². The van der Waals surface area contributed by atoms with Gasteiger partial charge in [-0.05, 0) is 0 Å². The standard InChI is InChI=1S/C6H10O3.C5H10O4S/c1-4(2)5(7)3-6(8)9;1-4(2)5(6)3-10(7,8)9/h4H,3H2,1-2H3,(H,8,9);4H,3H2,1-2H3,(H,7,8,9). The Labute approximate surface area is 112 Å². The van der Waals surface area contributed by atoms with Crippen molar-refractivity contribution in [3.8, 4) is 0 Å². The summed E-state index contributed by atoms with van der Waals surface area (Å²) in [5, 5.41) is 8.11. The molecule has 0 saturated heterocycles. The zero-order chi connectivity index (χ0) is 15.8. The second-order valence-corrected chi connectivity index (χ2v) is 5.99. The van der Waals surface area contributed by atoms with Gasteiger partial charge < -0.3 is 5.11 Å². The van der Waals surface area contributed by atoms with Crippen LogP contribution < -0.4 is 0 Å². The van der Waals surface area contributed by atoms with Gasteiger partial charge in [-0.2, -0.15) is 8.42 Å². The molecule has 0 aliphatic heterocycles. The Morgan fingerprint density at radius 2 is 1.32 bits per heavy atom. The molecule has 0 spiro atoms. The fourth-order valence-corrected chi connectivity index (χ4v) is 1.39. The van der Waals surface area contributed by atoms with Crippen LogP contribution in [0.2, 0.25) is 0 Å². The number of carboxylic acid groups (broad SMARTS) is 1. The van der Waals surface area contributed by atoms with Crippen molar-refractivity contribution in [1.29, 1.82) is 0 Å². The quantitative estimate of drug-likeness (QED) is 0.548. The van der Waals surface area contributed by atoms with Gasteiger partial charge >= 0.3 is 5.97 Å². The number of hydrogen-bond donors (Lipinski definition) is 2. The van der Waals surface area contributed by atoms with Gasteiger partial charge in [0.05, 0.1) is 0 Å². The lowest BCUT2D eigenvalue weighted by molar-refractivity contribution is -0.141. The van der Waals surface area contributed by atoms with E-state index in [1.807, 2.05) is 0 Å². The molecular weight excluding hydrogens is 276 g/mol. The third kappa shape index (κ3) is 14.7. The number of Topliss-reactive ketones (excluding diaryl/α,β-unsaturated/α-hetero) is 2. The average Bonchev–Trinajstić information content (AvgIpc) is 2.14. The van der Waals surface area contributed by atoms with Crippen molar-refractivity contribution >= 4 is 27.7 Å². The highest BCUT2D eigenvalue weighted by molar-refractivity contribution is 7.86. The second kappa shape index (κ2) is 8.76. The number of aliphatic carboxylic acids is 1. The first-order valence-electron chi connectivity index (χ1n) is 5.59. The van der Waals surface area contributed by atoms with E-state index in [0.717, 1.165) is 0 Å². The summed E-state index contributed by atoms with van der Waals surface area (Å²) in [4.78, 5) is 31.1. The van der Waals surface area contributed by atoms with Gasteiger partial charge in [0.25, 0.3) is 10.1 Å². The van der Waals surface area contributed by atoms with E-state index in [-0.39, 0.29) is 24.0 Å². The van der Waals surface area contributed by atoms with E-state index in [0.29, 0.717) is 0 Å². The van der Waals surface area contributed by atoms with Crippen LogP contribution in [0.25, 0.3) is 0 Å². The first kappa shape index (κ1) is 20.0. The van der Waals surface area contributed by atoms with E-state index < -0.39 is 27.6 Å². The highest BCUT2D eigenvalue weighted by Gasteiger charge is 2.15. The molecule has 7 nitrogen and oxygen atoms in total. The van der Waals surface area contributed by atoms with E-state index in [1.165, 1.54) is 0 Å². The minimum Gasteiger partial charge on any atom is -0.481 e. The van der Waals surface area contributed by atoms with Crippen LogP contribution in [-0.4, -0.2) is 41.4 Å². The molecule has 0 heterocycles. The first-order valence-corrected chi connectivity index (χ1v) is 7.20. The van der Waals surface area contributed by atoms with Crippen LogP contribution in [0.3, 0.4) is 0 Å². The van der Waals surface area contributed by atoms with Gasteiger partial charge in [0.2, 0.25) is 0 Å². The molecule has 0 saturated carbocycles. The SMILES string of the molecule is CC(C)C(=O)CC(=O)O.CC(C)C(=O)CS(=O)(=O)O. The summed E-state index contributed by atoms with van der Waals surface area (Å²) in [7, 11) is -4.12. The predicted molar refractivity (Wildman–Crippen MR) is 68.4 cm³/mol. The summed E-state index contributed by atoms with van der Waals surface area (Å²) in [6.07, 6.45) is -0.350. The smallest absolute Gasteiger partial charge is 0.310 e. The van der Waals surface area contributed by atoms with Gasteiger partial charge in [-0.15, -0.1) is 0 Å². The maximum absolute atomic E-state index is 10.6. The van der Waals surface area contributed by atoms with Crippen LogP contribution in [-0.2, 0) is 24.5 Å². The fourth-order valence-electron chi connectivity index (χ4n) is 0.700. The molecule has 0 aromatic carbocycles. The van der Waals surface area contributed by atoms with Gasteiger partial charge in [-0.1, -0.05) is 27.7 Å². The Balaban J connectivity index is 0. The number of ketones is 2. The highest BCUT2D eigenvalue weighted by atomic mass is 32.2. The van der Waals surface area contributed by atoms with Crippen LogP contribution in [0.1, 0.15) is 34.1 Å². The largest absolute Gasteiger partial charge is 0.481 e. The van der Waals surface area contributed by atoms with Crippen molar-refractivity contribution in [3.63, 3.8) is 0 Å². The average molecular weight is 296 g/mol. The van der Waals surface area contributed by atoms with Crippen molar-refractivity contribution in [2.24, 2.45) is 11.8 Å². The predicted octanol–water partition coefficient (Wildman–Crippen LogP) is 0.786. The van der Waals surface area contributed by atoms with Crippen molar-refractivity contribution in [2.45, 2.75) is 34.1 Å². The van der Waals surface area contributed by atoms with E-state index in [4.69, 9.17) is 9.66 Å². The number of carbonyl (C=O) groups excluding carboxylic acids is 2. The molecule has 0 unspecified atom stereocenters. The maximum Gasteiger partial charge on any atom is 0.310 e. The minimum atomic E-state index is -4.12. The Bertz CT molecular complexity index is 420. The van der Waals surface area contributed by atoms with Gasteiger partial charge in [0.15, 0.2) is 5.78 Å². The summed E-state index contributed by atoms with van der Waals surface area (Å²) >= 11 is 0. The van der Waals surface area contributed by atoms with Crippen LogP contribution >= 0.6 is 0 Å². The van der Waals surface area contributed by atoms with E-state index in [9.17, 15) is 22.8 Å². The van der Waals surface area contributed by atoms with Crippen LogP contribution in [0.5, 0.6) is 0 Å². The molecule has 0 fully saturated rings. The normalized spacial score (nSPS) is 10.9. The highest BCUT2D eigenvalue weighted by Crippen LogP contribution is 1.97. The zero-order valence-corrected chi connectivity index (χ0v) is 12.2. The van der Waals surface area contributed by atoms with E-state index >= 15 is 0 Å². The maximum atomic E-state index is 10.6. The molecule has 0 aromatic rings. The third-order valence-electron chi connectivity index (χ3n) is 1.94. The molecule has 0 amide bonds. The lowest BCUT2D eigenvalue weighted by Gasteiger charge is -1.99. The Kier molecular flexibility index (Phi) is 9.24. The molecule has 8 heteroatoms. The van der Waals surface area contributed by atoms with Gasteiger partial charge in [0, 0.05) is 11.8 Å². The van der Waals surface area contributed by atoms with Crippen molar-refractivity contribution < 1.29 is 32.5 Å². The monoisotopic (exact) mass is 296 g/mol. The molecular formula is C11H20O7S. The summed E-state index contributed by atoms with van der Waals surface area (Å²) in [5.41, 5.74) is 0. The molecule has 0 aromatic heterocycles. The van der Waals surface area contributed by atoms with Crippen molar-refractivity contribution in [1.82, 2.24) is 0 Å². The summed E-state index contributed by atoms with van der Waals surface area (Å²) < 4.78 is 28.4. The third-order valence-corrected chi connectivity index (χ3v) is 2.59. The summed E-state index contributed by atoms with van der Waals surface area (Å²) in [5.74, 6) is -3.02. The first-order chi connectivity index (χ1) is 8.36. The Hall–Kier alpha value is -1.28. The number of hydrogen-bond acceptors (Lipinski definition) is 5. The van der Waals surface area contributed by atoms with Gasteiger partial charge in [-0.3, -0.25) is 18.9 Å². The number of rotatable bonds is 6. The Morgan fingerprint density at radius 1 is 0.947 bits per heavy atom. The van der Waals surface area contributed by atoms with Gasteiger partial charge in [0.1, 0.15) is 18.0 Å². The minimum absolute atomic E-state index is 0.166. The van der Waals surface area contributed by atoms with Gasteiger partial charge in [-0.25, -0.2) is 0 Å². The second-order valence-electron chi connectivity index (χ2n) is 4.54. The fraction of sp³-hybridized carbons (Fsp3) is 0.727. The van der Waals surface area contributed by atoms with E-state index in [1.54, 1.807) is 27.7 Å². The molecule has 0 bridgehead atoms. The lowest BCUT2D eigenvalue weighted by Crippen LogP contribution is -2.19. The van der Waals surface area contributed by atoms with E-state index in [2.05, 4.69) is 0 Å². The molecule has 0 rings (SSSR count).